The van der Waals surface area contributed by atoms with Gasteiger partial charge in [0.2, 0.25) is 0 Å². The van der Waals surface area contributed by atoms with Crippen molar-refractivity contribution in [3.63, 3.8) is 0 Å². The molecule has 0 saturated carbocycles. The Balaban J connectivity index is 3.12. The first kappa shape index (κ1) is 17.8. The zero-order chi connectivity index (χ0) is 15.8. The van der Waals surface area contributed by atoms with Gasteiger partial charge in [0.25, 0.3) is 0 Å². The number of hydrogen-bond donors (Lipinski definition) is 1. The lowest BCUT2D eigenvalue weighted by Gasteiger charge is -2.31. The molecule has 1 aromatic rings. The maximum Gasteiger partial charge on any atom is 0.125 e. The Morgan fingerprint density at radius 2 is 1.95 bits per heavy atom. The Hall–Kier alpha value is -1.26. The molecule has 0 radical (unpaired) electrons. The van der Waals surface area contributed by atoms with Crippen molar-refractivity contribution < 1.29 is 9.47 Å². The van der Waals surface area contributed by atoms with Crippen molar-refractivity contribution in [2.45, 2.75) is 39.3 Å². The zero-order valence-corrected chi connectivity index (χ0v) is 14.3. The summed E-state index contributed by atoms with van der Waals surface area (Å²) >= 11 is 0. The number of rotatable bonds is 9. The van der Waals surface area contributed by atoms with Crippen LogP contribution >= 0.6 is 0 Å². The van der Waals surface area contributed by atoms with Gasteiger partial charge in [-0.05, 0) is 38.9 Å². The van der Waals surface area contributed by atoms with E-state index in [0.29, 0.717) is 12.6 Å². The third kappa shape index (κ3) is 4.61. The fourth-order valence-electron chi connectivity index (χ4n) is 2.51. The largest absolute Gasteiger partial charge is 0.496 e. The van der Waals surface area contributed by atoms with Gasteiger partial charge in [0.1, 0.15) is 5.75 Å². The molecule has 1 rings (SSSR count). The van der Waals surface area contributed by atoms with E-state index in [4.69, 9.17) is 9.47 Å². The van der Waals surface area contributed by atoms with Gasteiger partial charge >= 0.3 is 0 Å². The quantitative estimate of drug-likeness (QED) is 0.758. The second kappa shape index (κ2) is 8.90. The summed E-state index contributed by atoms with van der Waals surface area (Å²) in [6.07, 6.45) is 1.12. The first-order valence-corrected chi connectivity index (χ1v) is 7.68. The van der Waals surface area contributed by atoms with Gasteiger partial charge in [0.15, 0.2) is 0 Å². The van der Waals surface area contributed by atoms with Gasteiger partial charge in [-0.3, -0.25) is 0 Å². The minimum atomic E-state index is 0.244. The number of hydrogen-bond acceptors (Lipinski definition) is 4. The average Bonchev–Trinajstić information content (AvgIpc) is 2.51. The van der Waals surface area contributed by atoms with E-state index in [-0.39, 0.29) is 6.04 Å². The minimum Gasteiger partial charge on any atom is -0.496 e. The number of likely N-dealkylation sites (N-methyl/N-ethyl adjacent to an activating group) is 1. The molecule has 0 heterocycles. The lowest BCUT2D eigenvalue weighted by atomic mass is 10.0. The molecule has 21 heavy (non-hydrogen) atoms. The number of ether oxygens (including phenoxy) is 2. The Kier molecular flexibility index (Phi) is 7.54. The molecule has 2 atom stereocenters. The SMILES string of the molecule is CCCNC(C)c1c(OC)cccc1N(C)C(C)COC. The number of benzene rings is 1. The van der Waals surface area contributed by atoms with E-state index in [2.05, 4.69) is 44.1 Å². The van der Waals surface area contributed by atoms with E-state index >= 15 is 0 Å². The summed E-state index contributed by atoms with van der Waals surface area (Å²) in [7, 11) is 5.57. The number of anilines is 1. The van der Waals surface area contributed by atoms with Crippen molar-refractivity contribution in [1.82, 2.24) is 5.32 Å². The van der Waals surface area contributed by atoms with Gasteiger partial charge in [-0.15, -0.1) is 0 Å². The summed E-state index contributed by atoms with van der Waals surface area (Å²) in [6.45, 7) is 8.22. The van der Waals surface area contributed by atoms with E-state index in [1.54, 1.807) is 14.2 Å². The molecule has 0 fully saturated rings. The summed E-state index contributed by atoms with van der Waals surface area (Å²) in [6, 6.07) is 6.76. The molecule has 120 valence electrons. The van der Waals surface area contributed by atoms with E-state index in [1.807, 2.05) is 12.1 Å². The highest BCUT2D eigenvalue weighted by atomic mass is 16.5. The van der Waals surface area contributed by atoms with E-state index in [0.717, 1.165) is 18.7 Å². The summed E-state index contributed by atoms with van der Waals surface area (Å²) in [5.41, 5.74) is 2.40. The fraction of sp³-hybridized carbons (Fsp3) is 0.647. The molecule has 0 aromatic heterocycles. The number of methoxy groups -OCH3 is 2. The van der Waals surface area contributed by atoms with Crippen LogP contribution < -0.4 is 15.0 Å². The van der Waals surface area contributed by atoms with E-state index in [1.165, 1.54) is 11.3 Å². The van der Waals surface area contributed by atoms with Gasteiger partial charge < -0.3 is 19.7 Å². The Morgan fingerprint density at radius 3 is 2.52 bits per heavy atom. The first-order chi connectivity index (χ1) is 10.1. The molecule has 0 aliphatic rings. The van der Waals surface area contributed by atoms with Gasteiger partial charge in [0, 0.05) is 37.5 Å². The molecule has 0 saturated heterocycles. The van der Waals surface area contributed by atoms with Crippen LogP contribution in [0.2, 0.25) is 0 Å². The van der Waals surface area contributed by atoms with Crippen LogP contribution in [0.4, 0.5) is 5.69 Å². The molecule has 0 bridgehead atoms. The highest BCUT2D eigenvalue weighted by Crippen LogP contribution is 2.34. The molecule has 0 aliphatic carbocycles. The van der Waals surface area contributed by atoms with Crippen molar-refractivity contribution in [2.24, 2.45) is 0 Å². The molecule has 4 nitrogen and oxygen atoms in total. The van der Waals surface area contributed by atoms with Crippen LogP contribution in [0, 0.1) is 0 Å². The molecule has 2 unspecified atom stereocenters. The molecule has 1 N–H and O–H groups in total. The highest BCUT2D eigenvalue weighted by molar-refractivity contribution is 5.61. The maximum atomic E-state index is 5.58. The van der Waals surface area contributed by atoms with Crippen molar-refractivity contribution >= 4 is 5.69 Å². The van der Waals surface area contributed by atoms with Gasteiger partial charge in [-0.2, -0.15) is 0 Å². The smallest absolute Gasteiger partial charge is 0.125 e. The van der Waals surface area contributed by atoms with E-state index in [9.17, 15) is 0 Å². The average molecular weight is 294 g/mol. The Morgan fingerprint density at radius 1 is 1.24 bits per heavy atom. The third-order valence-electron chi connectivity index (χ3n) is 3.85. The van der Waals surface area contributed by atoms with Crippen molar-refractivity contribution in [1.29, 1.82) is 0 Å². The molecule has 0 aliphatic heterocycles. The lowest BCUT2D eigenvalue weighted by Crippen LogP contribution is -2.34. The standard InChI is InChI=1S/C17H30N2O2/c1-7-11-18-14(3)17-15(9-8-10-16(17)21-6)19(4)13(2)12-20-5/h8-10,13-14,18H,7,11-12H2,1-6H3. The van der Waals surface area contributed by atoms with Crippen LogP contribution in [0.1, 0.15) is 38.8 Å². The first-order valence-electron chi connectivity index (χ1n) is 7.68. The molecular weight excluding hydrogens is 264 g/mol. The van der Waals surface area contributed by atoms with Gasteiger partial charge in [-0.25, -0.2) is 0 Å². The summed E-state index contributed by atoms with van der Waals surface area (Å²) in [5, 5.41) is 3.55. The molecule has 1 aromatic carbocycles. The van der Waals surface area contributed by atoms with Crippen LogP contribution in [-0.4, -0.2) is 40.5 Å². The zero-order valence-electron chi connectivity index (χ0n) is 14.3. The molecule has 4 heteroatoms. The Bertz CT molecular complexity index is 423. The van der Waals surface area contributed by atoms with Crippen molar-refractivity contribution in [3.05, 3.63) is 23.8 Å². The van der Waals surface area contributed by atoms with Crippen LogP contribution in [0.5, 0.6) is 5.75 Å². The monoisotopic (exact) mass is 294 g/mol. The third-order valence-corrected chi connectivity index (χ3v) is 3.85. The molecule has 0 spiro atoms. The highest BCUT2D eigenvalue weighted by Gasteiger charge is 2.20. The lowest BCUT2D eigenvalue weighted by molar-refractivity contribution is 0.183. The number of nitrogens with one attached hydrogen (secondary N) is 1. The Labute approximate surface area is 129 Å². The minimum absolute atomic E-state index is 0.244. The van der Waals surface area contributed by atoms with E-state index < -0.39 is 0 Å². The van der Waals surface area contributed by atoms with Gasteiger partial charge in [0.05, 0.1) is 13.7 Å². The summed E-state index contributed by atoms with van der Waals surface area (Å²) in [4.78, 5) is 2.26. The van der Waals surface area contributed by atoms with Crippen molar-refractivity contribution in [3.8, 4) is 5.75 Å². The predicted octanol–water partition coefficient (Wildman–Crippen LogP) is 3.23. The molecule has 0 amide bonds. The normalized spacial score (nSPS) is 13.8. The van der Waals surface area contributed by atoms with Crippen LogP contribution in [0.25, 0.3) is 0 Å². The number of nitrogens with zero attached hydrogens (tertiary/aromatic N) is 1. The topological polar surface area (TPSA) is 33.7 Å². The van der Waals surface area contributed by atoms with Crippen LogP contribution in [-0.2, 0) is 4.74 Å². The van der Waals surface area contributed by atoms with Crippen LogP contribution in [0.3, 0.4) is 0 Å². The fourth-order valence-corrected chi connectivity index (χ4v) is 2.51. The van der Waals surface area contributed by atoms with Gasteiger partial charge in [-0.1, -0.05) is 13.0 Å². The second-order valence-electron chi connectivity index (χ2n) is 5.48. The predicted molar refractivity (Wildman–Crippen MR) is 89.4 cm³/mol. The summed E-state index contributed by atoms with van der Waals surface area (Å²) < 4.78 is 10.9. The second-order valence-corrected chi connectivity index (χ2v) is 5.48. The van der Waals surface area contributed by atoms with Crippen molar-refractivity contribution in [2.75, 3.05) is 39.3 Å². The maximum absolute atomic E-state index is 5.58. The molecular formula is C17H30N2O2. The summed E-state index contributed by atoms with van der Waals surface area (Å²) in [5.74, 6) is 0.931. The van der Waals surface area contributed by atoms with Crippen LogP contribution in [0.15, 0.2) is 18.2 Å².